The van der Waals surface area contributed by atoms with Crippen LogP contribution in [0.4, 0.5) is 0 Å². The van der Waals surface area contributed by atoms with Crippen molar-refractivity contribution in [3.63, 3.8) is 0 Å². The predicted molar refractivity (Wildman–Crippen MR) is 141 cm³/mol. The molecule has 30 heavy (non-hydrogen) atoms. The zero-order valence-electron chi connectivity index (χ0n) is 21.7. The molecule has 0 radical (unpaired) electrons. The molecule has 0 aliphatic rings. The van der Waals surface area contributed by atoms with Crippen molar-refractivity contribution < 1.29 is 4.79 Å². The minimum atomic E-state index is 0.00463. The number of hydrogen-bond acceptors (Lipinski definition) is 1. The van der Waals surface area contributed by atoms with E-state index in [0.717, 1.165) is 0 Å². The van der Waals surface area contributed by atoms with E-state index in [0.29, 0.717) is 7.92 Å². The quantitative estimate of drug-likeness (QED) is 0.139. The Morgan fingerprint density at radius 2 is 0.767 bits per heavy atom. The molecule has 2 nitrogen and oxygen atoms in total. The summed E-state index contributed by atoms with van der Waals surface area (Å²) in [5, 5.41) is 2.39. The third-order valence-corrected chi connectivity index (χ3v) is 8.68. The first-order valence-corrected chi connectivity index (χ1v) is 15.4. The Kier molecular flexibility index (Phi) is 30.9. The van der Waals surface area contributed by atoms with Gasteiger partial charge in [-0.05, 0) is 37.7 Å². The minimum absolute atomic E-state index is 0.00463. The molecule has 0 aliphatic heterocycles. The summed E-state index contributed by atoms with van der Waals surface area (Å²) in [7, 11) is 1.97. The van der Waals surface area contributed by atoms with Crippen LogP contribution in [0.3, 0.4) is 0 Å². The van der Waals surface area contributed by atoms with E-state index in [2.05, 4.69) is 26.1 Å². The molecule has 0 rings (SSSR count). The number of hydrogen-bond donors (Lipinski definition) is 1. The second-order valence-corrected chi connectivity index (χ2v) is 11.6. The van der Waals surface area contributed by atoms with Gasteiger partial charge in [-0.15, -0.1) is 7.92 Å². The van der Waals surface area contributed by atoms with Crippen molar-refractivity contribution in [1.82, 2.24) is 5.32 Å². The fourth-order valence-corrected chi connectivity index (χ4v) is 6.37. The van der Waals surface area contributed by atoms with Gasteiger partial charge in [-0.25, -0.2) is 0 Å². The van der Waals surface area contributed by atoms with Crippen LogP contribution in [0.5, 0.6) is 0 Å². The predicted octanol–water partition coefficient (Wildman–Crippen LogP) is 9.30. The van der Waals surface area contributed by atoms with Crippen molar-refractivity contribution in [3.8, 4) is 0 Å². The van der Waals surface area contributed by atoms with Gasteiger partial charge < -0.3 is 5.32 Å². The molecule has 0 unspecified atom stereocenters. The van der Waals surface area contributed by atoms with Crippen LogP contribution in [-0.4, -0.2) is 31.4 Å². The lowest BCUT2D eigenvalue weighted by atomic mass is 10.1. The molecule has 0 aromatic heterocycles. The topological polar surface area (TPSA) is 29.1 Å². The van der Waals surface area contributed by atoms with E-state index in [9.17, 15) is 4.79 Å². The van der Waals surface area contributed by atoms with E-state index in [1.807, 2.05) is 0 Å². The van der Waals surface area contributed by atoms with Crippen molar-refractivity contribution in [2.24, 2.45) is 0 Å². The molecule has 0 saturated heterocycles. The van der Waals surface area contributed by atoms with Crippen LogP contribution in [-0.2, 0) is 4.79 Å². The molecule has 0 aliphatic carbocycles. The highest BCUT2D eigenvalue weighted by Crippen LogP contribution is 2.39. The second kappa shape index (κ2) is 28.9. The number of carbonyl (C=O) groups excluding carboxylic acids is 1. The Hall–Kier alpha value is -0.100. The first-order valence-electron chi connectivity index (χ1n) is 13.5. The maximum absolute atomic E-state index is 9.70. The summed E-state index contributed by atoms with van der Waals surface area (Å²) in [6.45, 7) is 8.43. The molecule has 3 heteroatoms. The van der Waals surface area contributed by atoms with Crippen LogP contribution in [0.2, 0.25) is 0 Å². The van der Waals surface area contributed by atoms with E-state index < -0.39 is 0 Å². The highest BCUT2D eigenvalue weighted by Gasteiger charge is 2.07. The summed E-state index contributed by atoms with van der Waals surface area (Å²) >= 11 is 0. The lowest BCUT2D eigenvalue weighted by molar-refractivity contribution is -0.118. The fraction of sp³-hybridized carbons (Fsp3) is 0.963. The molecule has 0 bridgehead atoms. The fourth-order valence-electron chi connectivity index (χ4n) is 3.68. The molecule has 0 fully saturated rings. The minimum Gasteiger partial charge on any atom is -0.359 e. The van der Waals surface area contributed by atoms with Crippen molar-refractivity contribution in [3.05, 3.63) is 0 Å². The van der Waals surface area contributed by atoms with Crippen molar-refractivity contribution in [1.29, 1.82) is 0 Å². The highest BCUT2D eigenvalue weighted by atomic mass is 31.1. The van der Waals surface area contributed by atoms with Crippen molar-refractivity contribution >= 4 is 13.8 Å². The van der Waals surface area contributed by atoms with E-state index >= 15 is 0 Å². The van der Waals surface area contributed by atoms with Crippen LogP contribution in [0, 0.1) is 0 Å². The molecule has 1 amide bonds. The second-order valence-electron chi connectivity index (χ2n) is 8.95. The number of rotatable bonds is 21. The van der Waals surface area contributed by atoms with Crippen LogP contribution in [0.25, 0.3) is 0 Å². The smallest absolute Gasteiger partial charge is 0.216 e. The molecule has 0 saturated carbocycles. The molecule has 0 spiro atoms. The third-order valence-electron chi connectivity index (χ3n) is 5.84. The average Bonchev–Trinajstić information content (AvgIpc) is 2.75. The first-order chi connectivity index (χ1) is 14.6. The van der Waals surface area contributed by atoms with Gasteiger partial charge in [-0.2, -0.15) is 0 Å². The zero-order valence-corrected chi connectivity index (χ0v) is 22.6. The maximum Gasteiger partial charge on any atom is 0.216 e. The summed E-state index contributed by atoms with van der Waals surface area (Å²) in [6.07, 6.45) is 31.2. The Morgan fingerprint density at radius 3 is 1.00 bits per heavy atom. The SMILES string of the molecule is CCCCCCCCP(CCCCCCCC)CCCCCCCC.CNC(C)=O. The Bertz CT molecular complexity index is 284. The van der Waals surface area contributed by atoms with E-state index in [1.54, 1.807) is 25.5 Å². The third kappa shape index (κ3) is 30.1. The summed E-state index contributed by atoms with van der Waals surface area (Å²) in [4.78, 5) is 9.70. The lowest BCUT2D eigenvalue weighted by Gasteiger charge is -2.18. The Labute approximate surface area is 192 Å². The average molecular weight is 444 g/mol. The first kappa shape index (κ1) is 32.1. The molecule has 0 aromatic carbocycles. The van der Waals surface area contributed by atoms with Gasteiger partial charge >= 0.3 is 0 Å². The van der Waals surface area contributed by atoms with Gasteiger partial charge in [0, 0.05) is 14.0 Å². The van der Waals surface area contributed by atoms with Gasteiger partial charge in [0.25, 0.3) is 0 Å². The standard InChI is InChI=1S/C24H51P.C3H7NO/c1-4-7-10-13-16-19-22-25(23-20-17-14-11-8-5-2)24-21-18-15-12-9-6-3;1-3(5)4-2/h4-24H2,1-3H3;1-2H3,(H,4,5). The van der Waals surface area contributed by atoms with E-state index in [-0.39, 0.29) is 5.91 Å². The lowest BCUT2D eigenvalue weighted by Crippen LogP contribution is -2.11. The van der Waals surface area contributed by atoms with Gasteiger partial charge in [-0.3, -0.25) is 4.79 Å². The molecular formula is C27H58NOP. The van der Waals surface area contributed by atoms with E-state index in [4.69, 9.17) is 0 Å². The van der Waals surface area contributed by atoms with Crippen LogP contribution >= 0.6 is 7.92 Å². The molecule has 0 aromatic rings. The summed E-state index contributed by atoms with van der Waals surface area (Å²) in [6, 6.07) is 0. The van der Waals surface area contributed by atoms with Gasteiger partial charge in [0.2, 0.25) is 5.91 Å². The number of nitrogens with one attached hydrogen (secondary N) is 1. The van der Waals surface area contributed by atoms with Crippen molar-refractivity contribution in [2.45, 2.75) is 143 Å². The largest absolute Gasteiger partial charge is 0.359 e. The zero-order chi connectivity index (χ0) is 22.7. The molecule has 0 atom stereocenters. The summed E-state index contributed by atoms with van der Waals surface area (Å²) in [5.74, 6) is 0.00463. The monoisotopic (exact) mass is 443 g/mol. The molecule has 182 valence electrons. The van der Waals surface area contributed by atoms with Crippen molar-refractivity contribution in [2.75, 3.05) is 25.5 Å². The van der Waals surface area contributed by atoms with Gasteiger partial charge in [0.15, 0.2) is 0 Å². The van der Waals surface area contributed by atoms with Crippen LogP contribution in [0.15, 0.2) is 0 Å². The molecule has 1 N–H and O–H groups in total. The van der Waals surface area contributed by atoms with Gasteiger partial charge in [0.1, 0.15) is 0 Å². The summed E-state index contributed by atoms with van der Waals surface area (Å²) < 4.78 is 0. The molecule has 0 heterocycles. The van der Waals surface area contributed by atoms with Crippen LogP contribution in [0.1, 0.15) is 143 Å². The Morgan fingerprint density at radius 1 is 0.533 bits per heavy atom. The number of unbranched alkanes of at least 4 members (excludes halogenated alkanes) is 15. The normalized spacial score (nSPS) is 10.7. The highest BCUT2D eigenvalue weighted by molar-refractivity contribution is 7.57. The maximum atomic E-state index is 9.70. The van der Waals surface area contributed by atoms with E-state index in [1.165, 1.54) is 122 Å². The number of amides is 1. The van der Waals surface area contributed by atoms with Crippen LogP contribution < -0.4 is 5.32 Å². The number of carbonyl (C=O) groups is 1. The summed E-state index contributed by atoms with van der Waals surface area (Å²) in [5.41, 5.74) is 0. The Balaban J connectivity index is 0. The molecular weight excluding hydrogens is 385 g/mol. The van der Waals surface area contributed by atoms with Gasteiger partial charge in [0.05, 0.1) is 0 Å². The van der Waals surface area contributed by atoms with Gasteiger partial charge in [-0.1, -0.05) is 117 Å².